The van der Waals surface area contributed by atoms with E-state index in [1.807, 2.05) is 13.8 Å². The Labute approximate surface area is 89.2 Å². The minimum absolute atomic E-state index is 0.270. The van der Waals surface area contributed by atoms with E-state index in [-0.39, 0.29) is 19.9 Å². The smallest absolute Gasteiger partial charge is 0.287 e. The molecule has 6 nitrogen and oxygen atoms in total. The maximum absolute atomic E-state index is 11.7. The number of phosphoric ester groups is 1. The molecule has 0 atom stereocenters. The Morgan fingerprint density at radius 3 is 2.07 bits per heavy atom. The van der Waals surface area contributed by atoms with Crippen molar-refractivity contribution in [1.29, 1.82) is 0 Å². The third kappa shape index (κ3) is 7.42. The minimum Gasteiger partial charge on any atom is -0.287 e. The van der Waals surface area contributed by atoms with Crippen LogP contribution in [0.15, 0.2) is 4.99 Å². The molecule has 0 saturated carbocycles. The summed E-state index contributed by atoms with van der Waals surface area (Å²) in [6, 6.07) is 0. The lowest BCUT2D eigenvalue weighted by atomic mass is 10.5. The second-order valence-electron chi connectivity index (χ2n) is 2.62. The minimum atomic E-state index is -3.55. The van der Waals surface area contributed by atoms with Crippen LogP contribution in [0.3, 0.4) is 0 Å². The van der Waals surface area contributed by atoms with Gasteiger partial charge in [-0.1, -0.05) is 13.8 Å². The van der Waals surface area contributed by atoms with E-state index >= 15 is 0 Å². The van der Waals surface area contributed by atoms with E-state index in [4.69, 9.17) is 13.6 Å². The third-order valence-corrected chi connectivity index (χ3v) is 2.68. The first-order valence-electron chi connectivity index (χ1n) is 4.75. The van der Waals surface area contributed by atoms with Crippen LogP contribution in [0.1, 0.15) is 26.7 Å². The standard InChI is InChI=1S/C8H16NO5P/c1-3-5-12-15(11,13-6-4-2)14-8-9-7-10/h3-6,8H2,1-2H3. The summed E-state index contributed by atoms with van der Waals surface area (Å²) in [6.07, 6.45) is 2.66. The SMILES string of the molecule is CCCOP(=O)(OCCC)OCN=C=O. The Morgan fingerprint density at radius 2 is 1.67 bits per heavy atom. The molecular weight excluding hydrogens is 221 g/mol. The summed E-state index contributed by atoms with van der Waals surface area (Å²) >= 11 is 0. The zero-order valence-electron chi connectivity index (χ0n) is 8.97. The van der Waals surface area contributed by atoms with E-state index in [0.717, 1.165) is 0 Å². The number of carbonyl (C=O) groups excluding carboxylic acids is 1. The summed E-state index contributed by atoms with van der Waals surface area (Å²) in [5, 5.41) is 0. The fraction of sp³-hybridized carbons (Fsp3) is 0.875. The Morgan fingerprint density at radius 1 is 1.13 bits per heavy atom. The van der Waals surface area contributed by atoms with Gasteiger partial charge in [-0.05, 0) is 12.8 Å². The van der Waals surface area contributed by atoms with Gasteiger partial charge in [0.1, 0.15) is 0 Å². The first-order chi connectivity index (χ1) is 7.18. The second kappa shape index (κ2) is 8.77. The highest BCUT2D eigenvalue weighted by Gasteiger charge is 2.25. The van der Waals surface area contributed by atoms with E-state index in [1.165, 1.54) is 6.08 Å². The average molecular weight is 237 g/mol. The van der Waals surface area contributed by atoms with E-state index in [1.54, 1.807) is 0 Å². The van der Waals surface area contributed by atoms with Crippen LogP contribution < -0.4 is 0 Å². The number of isocyanates is 1. The molecular formula is C8H16NO5P. The topological polar surface area (TPSA) is 74.2 Å². The van der Waals surface area contributed by atoms with Crippen molar-refractivity contribution in [2.24, 2.45) is 4.99 Å². The van der Waals surface area contributed by atoms with Crippen LogP contribution >= 0.6 is 7.82 Å². The normalized spacial score (nSPS) is 11.1. The van der Waals surface area contributed by atoms with Crippen molar-refractivity contribution in [1.82, 2.24) is 0 Å². The van der Waals surface area contributed by atoms with Crippen molar-refractivity contribution in [3.63, 3.8) is 0 Å². The summed E-state index contributed by atoms with van der Waals surface area (Å²) in [5.41, 5.74) is 0. The van der Waals surface area contributed by atoms with E-state index < -0.39 is 7.82 Å². The van der Waals surface area contributed by atoms with Crippen LogP contribution in [-0.4, -0.2) is 26.0 Å². The molecule has 88 valence electrons. The lowest BCUT2D eigenvalue weighted by Gasteiger charge is -2.15. The van der Waals surface area contributed by atoms with Gasteiger partial charge >= 0.3 is 7.82 Å². The van der Waals surface area contributed by atoms with E-state index in [2.05, 4.69) is 4.99 Å². The Balaban J connectivity index is 4.13. The van der Waals surface area contributed by atoms with E-state index in [0.29, 0.717) is 12.8 Å². The van der Waals surface area contributed by atoms with Crippen molar-refractivity contribution in [2.45, 2.75) is 26.7 Å². The number of phosphoric acid groups is 1. The number of rotatable bonds is 9. The zero-order chi connectivity index (χ0) is 11.6. The number of nitrogens with zero attached hydrogens (tertiary/aromatic N) is 1. The monoisotopic (exact) mass is 237 g/mol. The molecule has 0 aliphatic rings. The second-order valence-corrected chi connectivity index (χ2v) is 4.29. The molecule has 0 N–H and O–H groups in total. The Bertz CT molecular complexity index is 239. The van der Waals surface area contributed by atoms with Gasteiger partial charge in [-0.25, -0.2) is 9.36 Å². The summed E-state index contributed by atoms with van der Waals surface area (Å²) in [4.78, 5) is 12.9. The predicted octanol–water partition coefficient (Wildman–Crippen LogP) is 2.26. The van der Waals surface area contributed by atoms with Gasteiger partial charge in [-0.2, -0.15) is 4.99 Å². The molecule has 0 unspecified atom stereocenters. The highest BCUT2D eigenvalue weighted by Crippen LogP contribution is 2.49. The highest BCUT2D eigenvalue weighted by molar-refractivity contribution is 7.48. The average Bonchev–Trinajstić information content (AvgIpc) is 2.24. The fourth-order valence-corrected chi connectivity index (χ4v) is 1.88. The van der Waals surface area contributed by atoms with Gasteiger partial charge < -0.3 is 0 Å². The highest BCUT2D eigenvalue weighted by atomic mass is 31.2. The van der Waals surface area contributed by atoms with Gasteiger partial charge in [0, 0.05) is 0 Å². The molecule has 0 fully saturated rings. The van der Waals surface area contributed by atoms with Gasteiger partial charge in [-0.15, -0.1) is 0 Å². The molecule has 0 radical (unpaired) electrons. The maximum Gasteiger partial charge on any atom is 0.476 e. The van der Waals surface area contributed by atoms with Gasteiger partial charge in [0.2, 0.25) is 6.08 Å². The van der Waals surface area contributed by atoms with Crippen LogP contribution in [0.25, 0.3) is 0 Å². The van der Waals surface area contributed by atoms with Crippen molar-refractivity contribution in [3.05, 3.63) is 0 Å². The van der Waals surface area contributed by atoms with Crippen molar-refractivity contribution < 1.29 is 22.9 Å². The molecule has 0 aliphatic carbocycles. The van der Waals surface area contributed by atoms with Crippen LogP contribution in [0.5, 0.6) is 0 Å². The first kappa shape index (κ1) is 14.5. The fourth-order valence-electron chi connectivity index (χ4n) is 0.644. The number of hydrogen-bond donors (Lipinski definition) is 0. The molecule has 0 saturated heterocycles. The summed E-state index contributed by atoms with van der Waals surface area (Å²) < 4.78 is 26.4. The molecule has 0 heterocycles. The van der Waals surface area contributed by atoms with Gasteiger partial charge in [0.05, 0.1) is 13.2 Å². The molecule has 0 bridgehead atoms. The van der Waals surface area contributed by atoms with Gasteiger partial charge in [0.15, 0.2) is 6.73 Å². The first-order valence-corrected chi connectivity index (χ1v) is 6.22. The lowest BCUT2D eigenvalue weighted by molar-refractivity contribution is 0.116. The molecule has 0 rings (SSSR count). The van der Waals surface area contributed by atoms with E-state index in [9.17, 15) is 9.36 Å². The Hall–Kier alpha value is -0.510. The van der Waals surface area contributed by atoms with Crippen LogP contribution in [0.2, 0.25) is 0 Å². The van der Waals surface area contributed by atoms with Crippen molar-refractivity contribution >= 4 is 13.9 Å². The van der Waals surface area contributed by atoms with Crippen molar-refractivity contribution in [2.75, 3.05) is 19.9 Å². The van der Waals surface area contributed by atoms with Gasteiger partial charge in [-0.3, -0.25) is 13.6 Å². The molecule has 7 heteroatoms. The van der Waals surface area contributed by atoms with Crippen LogP contribution in [0.4, 0.5) is 0 Å². The molecule has 15 heavy (non-hydrogen) atoms. The molecule has 0 spiro atoms. The molecule has 0 aliphatic heterocycles. The molecule has 0 aromatic heterocycles. The number of hydrogen-bond acceptors (Lipinski definition) is 6. The predicted molar refractivity (Wildman–Crippen MR) is 54.2 cm³/mol. The van der Waals surface area contributed by atoms with Crippen molar-refractivity contribution in [3.8, 4) is 0 Å². The largest absolute Gasteiger partial charge is 0.476 e. The quantitative estimate of drug-likeness (QED) is 0.349. The molecule has 0 aromatic carbocycles. The summed E-state index contributed by atoms with van der Waals surface area (Å²) in [5.74, 6) is 0. The zero-order valence-corrected chi connectivity index (χ0v) is 9.87. The molecule has 0 amide bonds. The Kier molecular flexibility index (Phi) is 8.47. The maximum atomic E-state index is 11.7. The number of aliphatic imine (C=N–C) groups is 1. The van der Waals surface area contributed by atoms with Crippen LogP contribution in [0, 0.1) is 0 Å². The summed E-state index contributed by atoms with van der Waals surface area (Å²) in [6.45, 7) is 3.91. The lowest BCUT2D eigenvalue weighted by Crippen LogP contribution is -2.02. The third-order valence-electron chi connectivity index (χ3n) is 1.25. The summed E-state index contributed by atoms with van der Waals surface area (Å²) in [7, 11) is -3.55. The molecule has 0 aromatic rings. The van der Waals surface area contributed by atoms with Crippen LogP contribution in [-0.2, 0) is 22.9 Å². The van der Waals surface area contributed by atoms with Gasteiger partial charge in [0.25, 0.3) is 0 Å².